The standard InChI is InChI=1S/C11H11ClFNO2/c1-6(7(2)15)14-11(16)10-8(12)4-3-5-9(10)13/h3-6H,1-2H3,(H,14,16). The maximum Gasteiger partial charge on any atom is 0.256 e. The quantitative estimate of drug-likeness (QED) is 0.885. The van der Waals surface area contributed by atoms with Crippen LogP contribution in [-0.4, -0.2) is 17.7 Å². The average molecular weight is 244 g/mol. The Labute approximate surface area is 97.6 Å². The van der Waals surface area contributed by atoms with E-state index < -0.39 is 17.8 Å². The molecule has 1 aromatic rings. The molecule has 1 rings (SSSR count). The van der Waals surface area contributed by atoms with Crippen molar-refractivity contribution in [3.8, 4) is 0 Å². The van der Waals surface area contributed by atoms with Gasteiger partial charge in [0.05, 0.1) is 16.6 Å². The largest absolute Gasteiger partial charge is 0.342 e. The van der Waals surface area contributed by atoms with Crippen LogP contribution in [0.2, 0.25) is 5.02 Å². The van der Waals surface area contributed by atoms with E-state index in [0.717, 1.165) is 6.07 Å². The van der Waals surface area contributed by atoms with Crippen LogP contribution in [-0.2, 0) is 4.79 Å². The molecule has 86 valence electrons. The van der Waals surface area contributed by atoms with Gasteiger partial charge in [0.2, 0.25) is 0 Å². The lowest BCUT2D eigenvalue weighted by Gasteiger charge is -2.11. The fraction of sp³-hybridized carbons (Fsp3) is 0.273. The Morgan fingerprint density at radius 3 is 2.56 bits per heavy atom. The predicted molar refractivity (Wildman–Crippen MR) is 59.0 cm³/mol. The highest BCUT2D eigenvalue weighted by Gasteiger charge is 2.18. The molecule has 0 saturated heterocycles. The Balaban J connectivity index is 2.93. The Morgan fingerprint density at radius 1 is 1.44 bits per heavy atom. The first-order valence-corrected chi connectivity index (χ1v) is 5.06. The molecule has 5 heteroatoms. The number of halogens is 2. The number of benzene rings is 1. The second-order valence-corrected chi connectivity index (χ2v) is 3.81. The molecule has 0 spiro atoms. The highest BCUT2D eigenvalue weighted by Crippen LogP contribution is 2.18. The maximum absolute atomic E-state index is 13.3. The number of hydrogen-bond donors (Lipinski definition) is 1. The minimum atomic E-state index is -0.708. The van der Waals surface area contributed by atoms with E-state index in [2.05, 4.69) is 5.32 Å². The van der Waals surface area contributed by atoms with Crippen molar-refractivity contribution in [1.29, 1.82) is 0 Å². The lowest BCUT2D eigenvalue weighted by molar-refractivity contribution is -0.118. The molecule has 1 aromatic carbocycles. The molecule has 1 amide bonds. The summed E-state index contributed by atoms with van der Waals surface area (Å²) in [5.41, 5.74) is -0.239. The Hall–Kier alpha value is -1.42. The minimum Gasteiger partial charge on any atom is -0.342 e. The third kappa shape index (κ3) is 2.79. The molecule has 0 aromatic heterocycles. The predicted octanol–water partition coefficient (Wildman–Crippen LogP) is 2.19. The van der Waals surface area contributed by atoms with Crippen LogP contribution in [0.25, 0.3) is 0 Å². The molecule has 0 radical (unpaired) electrons. The van der Waals surface area contributed by atoms with Crippen molar-refractivity contribution in [2.75, 3.05) is 0 Å². The first kappa shape index (κ1) is 12.6. The molecule has 0 bridgehead atoms. The SMILES string of the molecule is CC(=O)C(C)NC(=O)c1c(F)cccc1Cl. The first-order chi connectivity index (χ1) is 7.43. The smallest absolute Gasteiger partial charge is 0.256 e. The molecule has 16 heavy (non-hydrogen) atoms. The zero-order chi connectivity index (χ0) is 12.3. The maximum atomic E-state index is 13.3. The topological polar surface area (TPSA) is 46.2 Å². The van der Waals surface area contributed by atoms with Crippen LogP contribution in [0.3, 0.4) is 0 Å². The molecular formula is C11H11ClFNO2. The lowest BCUT2D eigenvalue weighted by atomic mass is 10.1. The number of rotatable bonds is 3. The van der Waals surface area contributed by atoms with Gasteiger partial charge in [0.25, 0.3) is 5.91 Å². The van der Waals surface area contributed by atoms with Crippen molar-refractivity contribution in [3.05, 3.63) is 34.6 Å². The Kier molecular flexibility index (Phi) is 4.01. The number of nitrogens with one attached hydrogen (secondary N) is 1. The van der Waals surface area contributed by atoms with Gasteiger partial charge in [-0.15, -0.1) is 0 Å². The summed E-state index contributed by atoms with van der Waals surface area (Å²) in [5, 5.41) is 2.39. The van der Waals surface area contributed by atoms with Gasteiger partial charge in [0, 0.05) is 0 Å². The zero-order valence-electron chi connectivity index (χ0n) is 8.88. The highest BCUT2D eigenvalue weighted by atomic mass is 35.5. The number of amides is 1. The summed E-state index contributed by atoms with van der Waals surface area (Å²) in [6, 6.07) is 3.29. The van der Waals surface area contributed by atoms with E-state index >= 15 is 0 Å². The summed E-state index contributed by atoms with van der Waals surface area (Å²) in [6.07, 6.45) is 0. The van der Waals surface area contributed by atoms with Gasteiger partial charge in [-0.05, 0) is 26.0 Å². The van der Waals surface area contributed by atoms with Crippen LogP contribution in [0.4, 0.5) is 4.39 Å². The molecule has 0 heterocycles. The number of ketones is 1. The van der Waals surface area contributed by atoms with Crippen LogP contribution >= 0.6 is 11.6 Å². The van der Waals surface area contributed by atoms with Crippen molar-refractivity contribution in [2.24, 2.45) is 0 Å². The normalized spacial score (nSPS) is 12.0. The summed E-state index contributed by atoms with van der Waals surface area (Å²) >= 11 is 5.70. The van der Waals surface area contributed by atoms with Crippen LogP contribution in [0.1, 0.15) is 24.2 Å². The molecule has 1 unspecified atom stereocenters. The van der Waals surface area contributed by atoms with Gasteiger partial charge in [-0.25, -0.2) is 4.39 Å². The Morgan fingerprint density at radius 2 is 2.06 bits per heavy atom. The fourth-order valence-electron chi connectivity index (χ4n) is 1.09. The van der Waals surface area contributed by atoms with Crippen LogP contribution in [0, 0.1) is 5.82 Å². The van der Waals surface area contributed by atoms with Crippen molar-refractivity contribution in [1.82, 2.24) is 5.32 Å². The number of hydrogen-bond acceptors (Lipinski definition) is 2. The van der Waals surface area contributed by atoms with Gasteiger partial charge in [0.15, 0.2) is 5.78 Å². The third-order valence-electron chi connectivity index (χ3n) is 2.15. The second-order valence-electron chi connectivity index (χ2n) is 3.40. The summed E-state index contributed by atoms with van der Waals surface area (Å²) in [5.74, 6) is -1.60. The monoisotopic (exact) mass is 243 g/mol. The van der Waals surface area contributed by atoms with Gasteiger partial charge in [0.1, 0.15) is 5.82 Å². The zero-order valence-corrected chi connectivity index (χ0v) is 9.64. The van der Waals surface area contributed by atoms with Crippen molar-refractivity contribution < 1.29 is 14.0 Å². The Bertz CT molecular complexity index is 414. The molecule has 0 fully saturated rings. The van der Waals surface area contributed by atoms with Crippen molar-refractivity contribution >= 4 is 23.3 Å². The molecular weight excluding hydrogens is 233 g/mol. The third-order valence-corrected chi connectivity index (χ3v) is 2.46. The highest BCUT2D eigenvalue weighted by molar-refractivity contribution is 6.33. The van der Waals surface area contributed by atoms with Gasteiger partial charge in [-0.2, -0.15) is 0 Å². The number of carbonyl (C=O) groups is 2. The molecule has 0 saturated carbocycles. The first-order valence-electron chi connectivity index (χ1n) is 4.68. The van der Waals surface area contributed by atoms with Crippen LogP contribution in [0.15, 0.2) is 18.2 Å². The van der Waals surface area contributed by atoms with E-state index in [-0.39, 0.29) is 16.4 Å². The van der Waals surface area contributed by atoms with Gasteiger partial charge in [-0.3, -0.25) is 9.59 Å². The summed E-state index contributed by atoms with van der Waals surface area (Å²) in [4.78, 5) is 22.6. The van der Waals surface area contributed by atoms with Crippen LogP contribution in [0.5, 0.6) is 0 Å². The molecule has 0 aliphatic carbocycles. The summed E-state index contributed by atoms with van der Waals surface area (Å²) in [6.45, 7) is 2.86. The van der Waals surface area contributed by atoms with E-state index in [1.54, 1.807) is 0 Å². The summed E-state index contributed by atoms with van der Waals surface area (Å²) in [7, 11) is 0. The molecule has 1 atom stereocenters. The molecule has 1 N–H and O–H groups in total. The number of Topliss-reactive ketones (excluding diaryl/α,β-unsaturated/α-hetero) is 1. The molecule has 3 nitrogen and oxygen atoms in total. The van der Waals surface area contributed by atoms with E-state index in [4.69, 9.17) is 11.6 Å². The van der Waals surface area contributed by atoms with Crippen LogP contribution < -0.4 is 5.32 Å². The van der Waals surface area contributed by atoms with E-state index in [1.807, 2.05) is 0 Å². The van der Waals surface area contributed by atoms with E-state index in [0.29, 0.717) is 0 Å². The second kappa shape index (κ2) is 5.07. The lowest BCUT2D eigenvalue weighted by Crippen LogP contribution is -2.37. The number of carbonyl (C=O) groups excluding carboxylic acids is 2. The average Bonchev–Trinajstić information content (AvgIpc) is 2.16. The minimum absolute atomic E-state index is 0.0215. The molecule has 0 aliphatic rings. The van der Waals surface area contributed by atoms with Gasteiger partial charge >= 0.3 is 0 Å². The summed E-state index contributed by atoms with van der Waals surface area (Å²) < 4.78 is 13.3. The van der Waals surface area contributed by atoms with Crippen molar-refractivity contribution in [2.45, 2.75) is 19.9 Å². The molecule has 0 aliphatic heterocycles. The van der Waals surface area contributed by atoms with Crippen molar-refractivity contribution in [3.63, 3.8) is 0 Å². The fourth-order valence-corrected chi connectivity index (χ4v) is 1.33. The van der Waals surface area contributed by atoms with Gasteiger partial charge < -0.3 is 5.32 Å². The van der Waals surface area contributed by atoms with Gasteiger partial charge in [-0.1, -0.05) is 17.7 Å². The van der Waals surface area contributed by atoms with E-state index in [9.17, 15) is 14.0 Å². The van der Waals surface area contributed by atoms with E-state index in [1.165, 1.54) is 26.0 Å².